The second kappa shape index (κ2) is 8.29. The molecule has 0 radical (unpaired) electrons. The second-order valence-corrected chi connectivity index (χ2v) is 7.01. The first-order valence-corrected chi connectivity index (χ1v) is 8.72. The Morgan fingerprint density at radius 2 is 1.96 bits per heavy atom. The molecule has 1 aliphatic rings. The summed E-state index contributed by atoms with van der Waals surface area (Å²) in [5, 5.41) is 9.86. The van der Waals surface area contributed by atoms with E-state index < -0.39 is 6.10 Å². The van der Waals surface area contributed by atoms with Crippen LogP contribution in [0, 0.1) is 12.8 Å². The van der Waals surface area contributed by atoms with E-state index in [1.54, 1.807) is 4.90 Å². The Bertz CT molecular complexity index is 568. The Balaban J connectivity index is 2.15. The maximum atomic E-state index is 12.8. The van der Waals surface area contributed by atoms with Gasteiger partial charge in [-0.25, -0.2) is 0 Å². The lowest BCUT2D eigenvalue weighted by molar-refractivity contribution is -0.142. The quantitative estimate of drug-likeness (QED) is 0.900. The van der Waals surface area contributed by atoms with E-state index in [2.05, 4.69) is 13.8 Å². The first-order chi connectivity index (χ1) is 11.4. The molecule has 1 fully saturated rings. The fraction of sp³-hybridized carbons (Fsp3) is 0.579. The van der Waals surface area contributed by atoms with E-state index in [9.17, 15) is 14.7 Å². The van der Waals surface area contributed by atoms with Crippen molar-refractivity contribution >= 4 is 17.5 Å². The molecule has 0 aromatic heterocycles. The zero-order chi connectivity index (χ0) is 17.7. The van der Waals surface area contributed by atoms with Crippen LogP contribution < -0.4 is 4.90 Å². The van der Waals surface area contributed by atoms with Gasteiger partial charge in [0.15, 0.2) is 0 Å². The van der Waals surface area contributed by atoms with E-state index in [4.69, 9.17) is 0 Å². The first-order valence-electron chi connectivity index (χ1n) is 8.72. The fourth-order valence-electron chi connectivity index (χ4n) is 2.93. The third-order valence-electron chi connectivity index (χ3n) is 4.27. The van der Waals surface area contributed by atoms with Gasteiger partial charge in [0.05, 0.1) is 0 Å². The minimum absolute atomic E-state index is 0.0243. The molecule has 0 aliphatic carbocycles. The summed E-state index contributed by atoms with van der Waals surface area (Å²) >= 11 is 0. The van der Waals surface area contributed by atoms with Gasteiger partial charge in [-0.05, 0) is 44.2 Å². The summed E-state index contributed by atoms with van der Waals surface area (Å²) in [6, 6.07) is 7.84. The molecule has 1 heterocycles. The average Bonchev–Trinajstić information content (AvgIpc) is 2.69. The van der Waals surface area contributed by atoms with Crippen LogP contribution in [0.1, 0.15) is 38.7 Å². The number of aliphatic hydroxyl groups is 1. The molecule has 0 saturated carbocycles. The number of nitrogens with zero attached hydrogens (tertiary/aromatic N) is 2. The summed E-state index contributed by atoms with van der Waals surface area (Å²) in [6.45, 7) is 7.30. The maximum absolute atomic E-state index is 12.8. The highest BCUT2D eigenvalue weighted by atomic mass is 16.3. The van der Waals surface area contributed by atoms with Crippen LogP contribution in [-0.4, -0.2) is 47.6 Å². The van der Waals surface area contributed by atoms with Crippen LogP contribution in [-0.2, 0) is 9.59 Å². The van der Waals surface area contributed by atoms with E-state index in [0.717, 1.165) is 24.1 Å². The van der Waals surface area contributed by atoms with Crippen molar-refractivity contribution in [1.82, 2.24) is 4.90 Å². The first kappa shape index (κ1) is 18.5. The van der Waals surface area contributed by atoms with Crippen LogP contribution in [0.15, 0.2) is 24.3 Å². The Kier molecular flexibility index (Phi) is 6.37. The number of amides is 2. The van der Waals surface area contributed by atoms with Crippen LogP contribution in [0.3, 0.4) is 0 Å². The molecule has 1 N–H and O–H groups in total. The van der Waals surface area contributed by atoms with Crippen molar-refractivity contribution in [3.63, 3.8) is 0 Å². The highest BCUT2D eigenvalue weighted by molar-refractivity contribution is 5.97. The number of hydrogen-bond donors (Lipinski definition) is 1. The van der Waals surface area contributed by atoms with E-state index in [-0.39, 0.29) is 18.4 Å². The number of carbonyl (C=O) groups excluding carboxylic acids is 2. The number of likely N-dealkylation sites (tertiary alicyclic amines) is 1. The lowest BCUT2D eigenvalue weighted by Crippen LogP contribution is -2.46. The van der Waals surface area contributed by atoms with Crippen molar-refractivity contribution in [3.05, 3.63) is 29.8 Å². The fourth-order valence-corrected chi connectivity index (χ4v) is 2.93. The van der Waals surface area contributed by atoms with E-state index >= 15 is 0 Å². The predicted octanol–water partition coefficient (Wildman–Crippen LogP) is 2.36. The second-order valence-electron chi connectivity index (χ2n) is 7.01. The van der Waals surface area contributed by atoms with Gasteiger partial charge in [0.25, 0.3) is 5.91 Å². The minimum atomic E-state index is -0.974. The molecular weight excluding hydrogens is 304 g/mol. The van der Waals surface area contributed by atoms with Crippen LogP contribution in [0.25, 0.3) is 0 Å². The Morgan fingerprint density at radius 3 is 2.58 bits per heavy atom. The minimum Gasteiger partial charge on any atom is -0.383 e. The van der Waals surface area contributed by atoms with Gasteiger partial charge in [0.2, 0.25) is 5.91 Å². The Morgan fingerprint density at radius 1 is 1.29 bits per heavy atom. The SMILES string of the molecule is Cc1ccc(N(CC(C)C)C(=O)CN2CCCCC(O)C2=O)cc1. The Hall–Kier alpha value is -1.88. The van der Waals surface area contributed by atoms with Crippen molar-refractivity contribution in [3.8, 4) is 0 Å². The van der Waals surface area contributed by atoms with Crippen LogP contribution in [0.5, 0.6) is 0 Å². The summed E-state index contributed by atoms with van der Waals surface area (Å²) < 4.78 is 0. The molecule has 0 spiro atoms. The molecule has 24 heavy (non-hydrogen) atoms. The molecule has 0 bridgehead atoms. The molecule has 1 unspecified atom stereocenters. The summed E-state index contributed by atoms with van der Waals surface area (Å²) in [7, 11) is 0. The van der Waals surface area contributed by atoms with Crippen LogP contribution in [0.2, 0.25) is 0 Å². The zero-order valence-electron chi connectivity index (χ0n) is 14.9. The molecule has 5 nitrogen and oxygen atoms in total. The normalized spacial score (nSPS) is 18.6. The van der Waals surface area contributed by atoms with Crippen molar-refractivity contribution < 1.29 is 14.7 Å². The molecule has 2 rings (SSSR count). The number of benzene rings is 1. The maximum Gasteiger partial charge on any atom is 0.251 e. The molecule has 1 aromatic rings. The summed E-state index contributed by atoms with van der Waals surface area (Å²) in [4.78, 5) is 28.3. The van der Waals surface area contributed by atoms with E-state index in [1.165, 1.54) is 4.90 Å². The molecule has 2 amide bonds. The smallest absolute Gasteiger partial charge is 0.251 e. The number of aryl methyl sites for hydroxylation is 1. The standard InChI is InChI=1S/C19H28N2O3/c1-14(2)12-21(16-9-7-15(3)8-10-16)18(23)13-20-11-5-4-6-17(22)19(20)24/h7-10,14,17,22H,4-6,11-13H2,1-3H3. The molecular formula is C19H28N2O3. The Labute approximate surface area is 144 Å². The number of hydrogen-bond acceptors (Lipinski definition) is 3. The summed E-state index contributed by atoms with van der Waals surface area (Å²) in [5.41, 5.74) is 1.99. The number of rotatable bonds is 5. The van der Waals surface area contributed by atoms with Crippen molar-refractivity contribution in [2.45, 2.75) is 46.1 Å². The van der Waals surface area contributed by atoms with Gasteiger partial charge in [0, 0.05) is 18.8 Å². The number of anilines is 1. The lowest BCUT2D eigenvalue weighted by atomic mass is 10.1. The van der Waals surface area contributed by atoms with E-state index in [0.29, 0.717) is 25.4 Å². The topological polar surface area (TPSA) is 60.9 Å². The highest BCUT2D eigenvalue weighted by Gasteiger charge is 2.28. The number of carbonyl (C=O) groups is 2. The summed E-state index contributed by atoms with van der Waals surface area (Å²) in [5.74, 6) is -0.107. The van der Waals surface area contributed by atoms with Gasteiger partial charge in [-0.1, -0.05) is 31.5 Å². The molecule has 5 heteroatoms. The third kappa shape index (κ3) is 4.81. The van der Waals surface area contributed by atoms with Crippen molar-refractivity contribution in [1.29, 1.82) is 0 Å². The molecule has 1 aliphatic heterocycles. The van der Waals surface area contributed by atoms with Crippen molar-refractivity contribution in [2.75, 3.05) is 24.5 Å². The lowest BCUT2D eigenvalue weighted by Gasteiger charge is -2.29. The third-order valence-corrected chi connectivity index (χ3v) is 4.27. The van der Waals surface area contributed by atoms with Gasteiger partial charge in [-0.2, -0.15) is 0 Å². The van der Waals surface area contributed by atoms with Gasteiger partial charge in [-0.3, -0.25) is 9.59 Å². The van der Waals surface area contributed by atoms with Crippen LogP contribution in [0.4, 0.5) is 5.69 Å². The van der Waals surface area contributed by atoms with Crippen molar-refractivity contribution in [2.24, 2.45) is 5.92 Å². The molecule has 1 aromatic carbocycles. The van der Waals surface area contributed by atoms with Gasteiger partial charge >= 0.3 is 0 Å². The van der Waals surface area contributed by atoms with E-state index in [1.807, 2.05) is 31.2 Å². The van der Waals surface area contributed by atoms with Crippen LogP contribution >= 0.6 is 0 Å². The highest BCUT2D eigenvalue weighted by Crippen LogP contribution is 2.19. The predicted molar refractivity (Wildman–Crippen MR) is 94.8 cm³/mol. The molecule has 1 saturated heterocycles. The summed E-state index contributed by atoms with van der Waals surface area (Å²) in [6.07, 6.45) is 1.14. The zero-order valence-corrected chi connectivity index (χ0v) is 14.9. The molecule has 1 atom stereocenters. The number of aliphatic hydroxyl groups excluding tert-OH is 1. The van der Waals surface area contributed by atoms with Gasteiger partial charge < -0.3 is 14.9 Å². The molecule has 132 valence electrons. The average molecular weight is 332 g/mol. The van der Waals surface area contributed by atoms with Gasteiger partial charge in [-0.15, -0.1) is 0 Å². The largest absolute Gasteiger partial charge is 0.383 e. The monoisotopic (exact) mass is 332 g/mol. The van der Waals surface area contributed by atoms with Gasteiger partial charge in [0.1, 0.15) is 12.6 Å².